The van der Waals surface area contributed by atoms with Crippen LogP contribution in [-0.4, -0.2) is 33.4 Å². The Morgan fingerprint density at radius 3 is 2.95 bits per heavy atom. The smallest absolute Gasteiger partial charge is 0.238 e. The fraction of sp³-hybridized carbons (Fsp3) is 0.286. The fourth-order valence-corrected chi connectivity index (χ4v) is 3.01. The number of amides is 1. The van der Waals surface area contributed by atoms with E-state index in [9.17, 15) is 4.79 Å². The Morgan fingerprint density at radius 1 is 1.45 bits per heavy atom. The molecule has 1 saturated heterocycles. The van der Waals surface area contributed by atoms with E-state index < -0.39 is 0 Å². The summed E-state index contributed by atoms with van der Waals surface area (Å²) < 4.78 is 1.81. The van der Waals surface area contributed by atoms with Gasteiger partial charge in [-0.1, -0.05) is 12.1 Å². The molecule has 1 aromatic carbocycles. The van der Waals surface area contributed by atoms with E-state index in [1.165, 1.54) is 0 Å². The van der Waals surface area contributed by atoms with E-state index in [-0.39, 0.29) is 11.9 Å². The van der Waals surface area contributed by atoms with E-state index in [1.54, 1.807) is 18.0 Å². The standard InChI is InChI=1S/C14H16N4OS/c19-14(13-9-20-10-16-13)15-8-11-2-4-12(5-3-11)18-7-1-6-17-18/h1-7,13,16H,8-10H2,(H,15,19). The highest BCUT2D eigenvalue weighted by Gasteiger charge is 2.21. The van der Waals surface area contributed by atoms with Crippen LogP contribution >= 0.6 is 11.8 Å². The second-order valence-corrected chi connectivity index (χ2v) is 5.64. The van der Waals surface area contributed by atoms with Gasteiger partial charge in [0.2, 0.25) is 5.91 Å². The number of nitrogens with zero attached hydrogens (tertiary/aromatic N) is 2. The molecule has 0 radical (unpaired) electrons. The average Bonchev–Trinajstić information content (AvgIpc) is 3.18. The molecule has 1 aromatic heterocycles. The van der Waals surface area contributed by atoms with Gasteiger partial charge in [-0.2, -0.15) is 5.10 Å². The SMILES string of the molecule is O=C(NCc1ccc(-n2cccn2)cc1)C1CSCN1. The Bertz CT molecular complexity index is 561. The number of hydrogen-bond donors (Lipinski definition) is 2. The van der Waals surface area contributed by atoms with Crippen LogP contribution in [0, 0.1) is 0 Å². The third kappa shape index (κ3) is 3.02. The molecule has 2 heterocycles. The van der Waals surface area contributed by atoms with Crippen molar-refractivity contribution in [2.24, 2.45) is 0 Å². The molecule has 1 atom stereocenters. The molecule has 3 rings (SSSR count). The molecule has 1 amide bonds. The lowest BCUT2D eigenvalue weighted by Gasteiger charge is -2.10. The van der Waals surface area contributed by atoms with Crippen LogP contribution in [0.25, 0.3) is 5.69 Å². The monoisotopic (exact) mass is 288 g/mol. The average molecular weight is 288 g/mol. The van der Waals surface area contributed by atoms with Crippen molar-refractivity contribution < 1.29 is 4.79 Å². The van der Waals surface area contributed by atoms with E-state index >= 15 is 0 Å². The zero-order valence-corrected chi connectivity index (χ0v) is 11.8. The molecule has 1 fully saturated rings. The Labute approximate surface area is 121 Å². The lowest BCUT2D eigenvalue weighted by atomic mass is 10.2. The molecule has 1 aliphatic heterocycles. The summed E-state index contributed by atoms with van der Waals surface area (Å²) in [5, 5.41) is 10.3. The Kier molecular flexibility index (Phi) is 4.03. The van der Waals surface area contributed by atoms with Crippen LogP contribution in [0.1, 0.15) is 5.56 Å². The second-order valence-electron chi connectivity index (χ2n) is 4.61. The molecule has 1 aliphatic rings. The van der Waals surface area contributed by atoms with Crippen molar-refractivity contribution in [3.63, 3.8) is 0 Å². The van der Waals surface area contributed by atoms with Crippen molar-refractivity contribution in [3.8, 4) is 5.69 Å². The summed E-state index contributed by atoms with van der Waals surface area (Å²) in [6.45, 7) is 0.557. The third-order valence-electron chi connectivity index (χ3n) is 3.20. The highest BCUT2D eigenvalue weighted by molar-refractivity contribution is 7.99. The van der Waals surface area contributed by atoms with Gasteiger partial charge in [0.25, 0.3) is 0 Å². The number of carbonyl (C=O) groups is 1. The Hall–Kier alpha value is -1.79. The first kappa shape index (κ1) is 13.2. The first-order valence-corrected chi connectivity index (χ1v) is 7.66. The van der Waals surface area contributed by atoms with Gasteiger partial charge in [-0.25, -0.2) is 4.68 Å². The molecule has 0 spiro atoms. The van der Waals surface area contributed by atoms with E-state index in [0.29, 0.717) is 6.54 Å². The van der Waals surface area contributed by atoms with Crippen LogP contribution in [0.3, 0.4) is 0 Å². The molecule has 0 saturated carbocycles. The maximum absolute atomic E-state index is 11.9. The van der Waals surface area contributed by atoms with E-state index in [2.05, 4.69) is 15.7 Å². The van der Waals surface area contributed by atoms with Crippen LogP contribution in [0.4, 0.5) is 0 Å². The maximum atomic E-state index is 11.9. The van der Waals surface area contributed by atoms with Gasteiger partial charge in [-0.05, 0) is 23.8 Å². The van der Waals surface area contributed by atoms with Crippen molar-refractivity contribution in [3.05, 3.63) is 48.3 Å². The Morgan fingerprint density at radius 2 is 2.30 bits per heavy atom. The highest BCUT2D eigenvalue weighted by atomic mass is 32.2. The minimum absolute atomic E-state index is 0.0525. The van der Waals surface area contributed by atoms with Crippen molar-refractivity contribution >= 4 is 17.7 Å². The van der Waals surface area contributed by atoms with Gasteiger partial charge < -0.3 is 5.32 Å². The first-order valence-electron chi connectivity index (χ1n) is 6.51. The topological polar surface area (TPSA) is 59.0 Å². The first-order chi connectivity index (χ1) is 9.83. The van der Waals surface area contributed by atoms with Gasteiger partial charge in [-0.3, -0.25) is 10.1 Å². The van der Waals surface area contributed by atoms with Gasteiger partial charge in [-0.15, -0.1) is 11.8 Å². The Balaban J connectivity index is 1.57. The van der Waals surface area contributed by atoms with Gasteiger partial charge in [0.05, 0.1) is 11.7 Å². The molecule has 2 N–H and O–H groups in total. The van der Waals surface area contributed by atoms with E-state index in [4.69, 9.17) is 0 Å². The molecule has 5 nitrogen and oxygen atoms in total. The molecule has 20 heavy (non-hydrogen) atoms. The molecule has 104 valence electrons. The number of aromatic nitrogens is 2. The van der Waals surface area contributed by atoms with Crippen molar-refractivity contribution in [1.29, 1.82) is 0 Å². The summed E-state index contributed by atoms with van der Waals surface area (Å²) in [4.78, 5) is 11.9. The van der Waals surface area contributed by atoms with Crippen LogP contribution in [0.15, 0.2) is 42.7 Å². The molecular weight excluding hydrogens is 272 g/mol. The lowest BCUT2D eigenvalue weighted by molar-refractivity contribution is -0.122. The molecule has 2 aromatic rings. The summed E-state index contributed by atoms with van der Waals surface area (Å²) in [5.41, 5.74) is 2.10. The molecule has 0 bridgehead atoms. The largest absolute Gasteiger partial charge is 0.351 e. The minimum atomic E-state index is -0.0525. The fourth-order valence-electron chi connectivity index (χ4n) is 2.06. The lowest BCUT2D eigenvalue weighted by Crippen LogP contribution is -2.41. The normalized spacial score (nSPS) is 18.1. The molecule has 0 aliphatic carbocycles. The summed E-state index contributed by atoms with van der Waals surface area (Å²) in [6.07, 6.45) is 3.65. The summed E-state index contributed by atoms with van der Waals surface area (Å²) >= 11 is 1.75. The van der Waals surface area contributed by atoms with Gasteiger partial charge in [0.1, 0.15) is 0 Å². The van der Waals surface area contributed by atoms with Crippen LogP contribution < -0.4 is 10.6 Å². The zero-order valence-electron chi connectivity index (χ0n) is 11.0. The number of benzene rings is 1. The number of thioether (sulfide) groups is 1. The van der Waals surface area contributed by atoms with E-state index in [0.717, 1.165) is 22.9 Å². The van der Waals surface area contributed by atoms with Crippen LogP contribution in [0.5, 0.6) is 0 Å². The van der Waals surface area contributed by atoms with Crippen molar-refractivity contribution in [2.75, 3.05) is 11.6 Å². The second kappa shape index (κ2) is 6.11. The summed E-state index contributed by atoms with van der Waals surface area (Å²) in [5.74, 6) is 1.78. The maximum Gasteiger partial charge on any atom is 0.238 e. The van der Waals surface area contributed by atoms with Crippen LogP contribution in [0.2, 0.25) is 0 Å². The zero-order chi connectivity index (χ0) is 13.8. The van der Waals surface area contributed by atoms with Gasteiger partial charge in [0, 0.05) is 30.6 Å². The number of rotatable bonds is 4. The predicted octanol–water partition coefficient (Wildman–Crippen LogP) is 1.15. The summed E-state index contributed by atoms with van der Waals surface area (Å²) in [7, 11) is 0. The summed E-state index contributed by atoms with van der Waals surface area (Å²) in [6, 6.07) is 9.85. The van der Waals surface area contributed by atoms with E-state index in [1.807, 2.05) is 41.2 Å². The van der Waals surface area contributed by atoms with Crippen LogP contribution in [-0.2, 0) is 11.3 Å². The predicted molar refractivity (Wildman–Crippen MR) is 79.7 cm³/mol. The highest BCUT2D eigenvalue weighted by Crippen LogP contribution is 2.11. The van der Waals surface area contributed by atoms with Crippen molar-refractivity contribution in [1.82, 2.24) is 20.4 Å². The number of carbonyl (C=O) groups excluding carboxylic acids is 1. The molecule has 6 heteroatoms. The van der Waals surface area contributed by atoms with Gasteiger partial charge >= 0.3 is 0 Å². The molecular formula is C14H16N4OS. The van der Waals surface area contributed by atoms with Crippen molar-refractivity contribution in [2.45, 2.75) is 12.6 Å². The number of nitrogens with one attached hydrogen (secondary N) is 2. The third-order valence-corrected chi connectivity index (χ3v) is 4.14. The quantitative estimate of drug-likeness (QED) is 0.886. The minimum Gasteiger partial charge on any atom is -0.351 e. The molecule has 1 unspecified atom stereocenters. The van der Waals surface area contributed by atoms with Gasteiger partial charge in [0.15, 0.2) is 0 Å². The number of hydrogen-bond acceptors (Lipinski definition) is 4.